The molecule has 0 atom stereocenters. The van der Waals surface area contributed by atoms with Gasteiger partial charge in [-0.2, -0.15) is 0 Å². The number of carbonyl (C=O) groups is 1. The molecule has 1 aromatic carbocycles. The third kappa shape index (κ3) is 2.97. The van der Waals surface area contributed by atoms with E-state index in [1.807, 2.05) is 19.9 Å². The molecular formula is C16H14N2NaO4. The van der Waals surface area contributed by atoms with E-state index >= 15 is 0 Å². The van der Waals surface area contributed by atoms with Gasteiger partial charge in [0.2, 0.25) is 5.43 Å². The topological polar surface area (TPSA) is 106 Å². The second-order valence-corrected chi connectivity index (χ2v) is 5.41. The van der Waals surface area contributed by atoms with Gasteiger partial charge in [-0.3, -0.25) is 4.79 Å². The maximum Gasteiger partial charge on any atom is 0.339 e. The summed E-state index contributed by atoms with van der Waals surface area (Å²) in [4.78, 5) is 27.6. The zero-order valence-electron chi connectivity index (χ0n) is 13.1. The minimum absolute atomic E-state index is 0. The molecule has 1 radical (unpaired) electrons. The Morgan fingerprint density at radius 3 is 2.57 bits per heavy atom. The summed E-state index contributed by atoms with van der Waals surface area (Å²) in [6.07, 6.45) is 0. The largest absolute Gasteiger partial charge is 0.478 e. The Labute approximate surface area is 153 Å². The van der Waals surface area contributed by atoms with Crippen molar-refractivity contribution in [3.63, 3.8) is 0 Å². The molecule has 0 aliphatic carbocycles. The molecule has 0 saturated carbocycles. The fourth-order valence-electron chi connectivity index (χ4n) is 2.34. The quantitative estimate of drug-likeness (QED) is 0.554. The van der Waals surface area contributed by atoms with Gasteiger partial charge < -0.3 is 15.3 Å². The number of aromatic carboxylic acids is 1. The Bertz CT molecular complexity index is 979. The summed E-state index contributed by atoms with van der Waals surface area (Å²) in [6, 6.07) is 6.60. The number of fused-ring (bicyclic) bond motifs is 2. The van der Waals surface area contributed by atoms with E-state index in [0.717, 1.165) is 5.56 Å². The molecule has 0 fully saturated rings. The van der Waals surface area contributed by atoms with Gasteiger partial charge >= 0.3 is 5.97 Å². The van der Waals surface area contributed by atoms with Gasteiger partial charge in [0.25, 0.3) is 0 Å². The van der Waals surface area contributed by atoms with E-state index in [-0.39, 0.29) is 63.4 Å². The van der Waals surface area contributed by atoms with Gasteiger partial charge in [-0.05, 0) is 23.6 Å². The summed E-state index contributed by atoms with van der Waals surface area (Å²) in [7, 11) is 0. The van der Waals surface area contributed by atoms with Crippen LogP contribution in [0, 0.1) is 0 Å². The standard InChI is InChI=1S/C16H14N2O4.Na/c1-7(2)8-3-4-11-9(5-8)14(19)13-12(22-11)6-10(16(20)21)15(17)18-13;/h3-7H,1-2H3,(H2,17,18)(H,20,21);. The average Bonchev–Trinajstić information content (AvgIpc) is 2.47. The molecule has 6 nitrogen and oxygen atoms in total. The zero-order valence-corrected chi connectivity index (χ0v) is 15.1. The molecule has 0 unspecified atom stereocenters. The van der Waals surface area contributed by atoms with E-state index in [1.54, 1.807) is 12.1 Å². The number of hydrogen-bond donors (Lipinski definition) is 2. The molecule has 0 aliphatic rings. The van der Waals surface area contributed by atoms with Gasteiger partial charge in [0.05, 0.1) is 5.39 Å². The summed E-state index contributed by atoms with van der Waals surface area (Å²) in [5, 5.41) is 9.48. The van der Waals surface area contributed by atoms with E-state index in [0.29, 0.717) is 11.0 Å². The van der Waals surface area contributed by atoms with Gasteiger partial charge in [0, 0.05) is 35.6 Å². The first kappa shape index (κ1) is 17.5. The van der Waals surface area contributed by atoms with Gasteiger partial charge in [-0.25, -0.2) is 9.78 Å². The Morgan fingerprint density at radius 2 is 1.96 bits per heavy atom. The first-order chi connectivity index (χ1) is 10.4. The minimum Gasteiger partial charge on any atom is -0.478 e. The summed E-state index contributed by atoms with van der Waals surface area (Å²) in [5.74, 6) is -1.15. The predicted octanol–water partition coefficient (Wildman–Crippen LogP) is 2.36. The number of anilines is 1. The molecule has 0 spiro atoms. The molecule has 23 heavy (non-hydrogen) atoms. The number of carboxylic acid groups (broad SMARTS) is 1. The van der Waals surface area contributed by atoms with Crippen molar-refractivity contribution in [3.8, 4) is 0 Å². The maximum absolute atomic E-state index is 12.6. The number of nitrogens with two attached hydrogens (primary N) is 1. The van der Waals surface area contributed by atoms with Crippen molar-refractivity contribution < 1.29 is 14.3 Å². The molecule has 7 heteroatoms. The number of hydrogen-bond acceptors (Lipinski definition) is 5. The second-order valence-electron chi connectivity index (χ2n) is 5.41. The van der Waals surface area contributed by atoms with E-state index < -0.39 is 5.97 Å². The summed E-state index contributed by atoms with van der Waals surface area (Å²) >= 11 is 0. The second kappa shape index (κ2) is 6.31. The van der Waals surface area contributed by atoms with Crippen molar-refractivity contribution >= 4 is 63.4 Å². The smallest absolute Gasteiger partial charge is 0.339 e. The van der Waals surface area contributed by atoms with Crippen LogP contribution in [-0.4, -0.2) is 45.6 Å². The summed E-state index contributed by atoms with van der Waals surface area (Å²) in [5.41, 5.74) is 6.65. The Hall–Kier alpha value is -1.89. The van der Waals surface area contributed by atoms with Gasteiger partial charge in [-0.1, -0.05) is 19.9 Å². The van der Waals surface area contributed by atoms with Crippen molar-refractivity contribution in [2.45, 2.75) is 19.8 Å². The number of pyridine rings is 1. The molecule has 0 aliphatic heterocycles. The number of carboxylic acids is 1. The normalized spacial score (nSPS) is 10.9. The molecule has 0 saturated heterocycles. The van der Waals surface area contributed by atoms with Crippen LogP contribution in [0.25, 0.3) is 22.1 Å². The Balaban J connectivity index is 0.00000192. The van der Waals surface area contributed by atoms with Crippen LogP contribution in [0.2, 0.25) is 0 Å². The maximum atomic E-state index is 12.6. The van der Waals surface area contributed by atoms with E-state index in [1.165, 1.54) is 6.07 Å². The van der Waals surface area contributed by atoms with Crippen molar-refractivity contribution in [1.82, 2.24) is 4.98 Å². The van der Waals surface area contributed by atoms with Crippen molar-refractivity contribution in [3.05, 3.63) is 45.6 Å². The molecule has 0 bridgehead atoms. The first-order valence-corrected chi connectivity index (χ1v) is 6.78. The third-order valence-corrected chi connectivity index (χ3v) is 3.60. The van der Waals surface area contributed by atoms with Crippen LogP contribution in [0.4, 0.5) is 5.82 Å². The number of nitrogens with zero attached hydrogens (tertiary/aromatic N) is 1. The van der Waals surface area contributed by atoms with Crippen LogP contribution in [0.15, 0.2) is 33.5 Å². The third-order valence-electron chi connectivity index (χ3n) is 3.60. The molecule has 2 aromatic heterocycles. The van der Waals surface area contributed by atoms with Crippen LogP contribution in [-0.2, 0) is 0 Å². The number of benzene rings is 1. The van der Waals surface area contributed by atoms with Gasteiger partial charge in [0.15, 0.2) is 11.1 Å². The van der Waals surface area contributed by atoms with E-state index in [2.05, 4.69) is 4.98 Å². The van der Waals surface area contributed by atoms with Crippen molar-refractivity contribution in [1.29, 1.82) is 0 Å². The fraction of sp³-hybridized carbons (Fsp3) is 0.188. The average molecular weight is 321 g/mol. The molecule has 113 valence electrons. The SMILES string of the molecule is CC(C)c1ccc2oc3cc(C(=O)O)c(N)nc3c(=O)c2c1.[Na]. The Morgan fingerprint density at radius 1 is 1.26 bits per heavy atom. The molecule has 0 amide bonds. The monoisotopic (exact) mass is 321 g/mol. The van der Waals surface area contributed by atoms with Crippen LogP contribution in [0.5, 0.6) is 0 Å². The van der Waals surface area contributed by atoms with E-state index in [4.69, 9.17) is 15.3 Å². The first-order valence-electron chi connectivity index (χ1n) is 6.78. The van der Waals surface area contributed by atoms with Crippen LogP contribution < -0.4 is 11.2 Å². The number of nitrogen functional groups attached to an aromatic ring is 1. The Kier molecular flexibility index (Phi) is 4.79. The molecule has 3 aromatic rings. The number of aromatic nitrogens is 1. The predicted molar refractivity (Wildman–Crippen MR) is 89.0 cm³/mol. The summed E-state index contributed by atoms with van der Waals surface area (Å²) in [6.45, 7) is 4.05. The molecule has 2 heterocycles. The van der Waals surface area contributed by atoms with Crippen LogP contribution in [0.1, 0.15) is 35.7 Å². The van der Waals surface area contributed by atoms with Gasteiger partial charge in [0.1, 0.15) is 17.0 Å². The van der Waals surface area contributed by atoms with Crippen molar-refractivity contribution in [2.24, 2.45) is 0 Å². The summed E-state index contributed by atoms with van der Waals surface area (Å²) < 4.78 is 5.63. The van der Waals surface area contributed by atoms with Crippen molar-refractivity contribution in [2.75, 3.05) is 5.73 Å². The van der Waals surface area contributed by atoms with E-state index in [9.17, 15) is 9.59 Å². The van der Waals surface area contributed by atoms with Crippen LogP contribution >= 0.6 is 0 Å². The van der Waals surface area contributed by atoms with Crippen LogP contribution in [0.3, 0.4) is 0 Å². The van der Waals surface area contributed by atoms with Gasteiger partial charge in [-0.15, -0.1) is 0 Å². The molecular weight excluding hydrogens is 307 g/mol. The molecule has 3 N–H and O–H groups in total. The molecule has 3 rings (SSSR count). The minimum atomic E-state index is -1.22. The fourth-order valence-corrected chi connectivity index (χ4v) is 2.34. The number of rotatable bonds is 2. The zero-order chi connectivity index (χ0) is 16.0.